The molecular weight excluding hydrogens is 236 g/mol. The van der Waals surface area contributed by atoms with E-state index in [1.54, 1.807) is 0 Å². The van der Waals surface area contributed by atoms with E-state index < -0.39 is 0 Å². The van der Waals surface area contributed by atoms with E-state index in [1.807, 2.05) is 54.6 Å². The highest BCUT2D eigenvalue weighted by Crippen LogP contribution is 2.27. The minimum atomic E-state index is -0.0241. The average molecular weight is 250 g/mol. The van der Waals surface area contributed by atoms with Crippen molar-refractivity contribution < 1.29 is 9.84 Å². The lowest BCUT2D eigenvalue weighted by Gasteiger charge is -2.10. The predicted molar refractivity (Wildman–Crippen MR) is 76.4 cm³/mol. The molecule has 2 heteroatoms. The lowest BCUT2D eigenvalue weighted by molar-refractivity contribution is 0.276. The molecule has 0 bridgehead atoms. The Morgan fingerprint density at radius 2 is 1.53 bits per heavy atom. The molecule has 3 rings (SSSR count). The van der Waals surface area contributed by atoms with Gasteiger partial charge in [-0.25, -0.2) is 0 Å². The van der Waals surface area contributed by atoms with E-state index in [1.165, 1.54) is 5.39 Å². The van der Waals surface area contributed by atoms with Crippen LogP contribution in [0.4, 0.5) is 0 Å². The van der Waals surface area contributed by atoms with Crippen molar-refractivity contribution in [2.75, 3.05) is 0 Å². The van der Waals surface area contributed by atoms with Crippen molar-refractivity contribution in [1.82, 2.24) is 0 Å². The third-order valence-electron chi connectivity index (χ3n) is 3.09. The molecule has 1 N–H and O–H groups in total. The third kappa shape index (κ3) is 2.44. The Balaban J connectivity index is 1.96. The molecule has 19 heavy (non-hydrogen) atoms. The Hall–Kier alpha value is -2.32. The van der Waals surface area contributed by atoms with Gasteiger partial charge in [-0.1, -0.05) is 48.5 Å². The Morgan fingerprint density at radius 1 is 0.789 bits per heavy atom. The summed E-state index contributed by atoms with van der Waals surface area (Å²) in [6.07, 6.45) is 0. The zero-order chi connectivity index (χ0) is 13.1. The van der Waals surface area contributed by atoms with Crippen LogP contribution in [0, 0.1) is 0 Å². The molecule has 0 heterocycles. The SMILES string of the molecule is OCc1ccccc1Oc1ccc2ccccc2c1. The van der Waals surface area contributed by atoms with Crippen LogP contribution in [-0.2, 0) is 6.61 Å². The van der Waals surface area contributed by atoms with Gasteiger partial charge in [0.15, 0.2) is 0 Å². The van der Waals surface area contributed by atoms with E-state index in [4.69, 9.17) is 4.74 Å². The summed E-state index contributed by atoms with van der Waals surface area (Å²) in [4.78, 5) is 0. The van der Waals surface area contributed by atoms with Gasteiger partial charge < -0.3 is 9.84 Å². The topological polar surface area (TPSA) is 29.5 Å². The highest BCUT2D eigenvalue weighted by atomic mass is 16.5. The second-order valence-electron chi connectivity index (χ2n) is 4.38. The summed E-state index contributed by atoms with van der Waals surface area (Å²) >= 11 is 0. The van der Waals surface area contributed by atoms with Crippen molar-refractivity contribution in [3.05, 3.63) is 72.3 Å². The molecule has 0 saturated carbocycles. The molecule has 94 valence electrons. The van der Waals surface area contributed by atoms with Gasteiger partial charge in [-0.05, 0) is 29.0 Å². The van der Waals surface area contributed by atoms with Gasteiger partial charge in [0.25, 0.3) is 0 Å². The van der Waals surface area contributed by atoms with Crippen LogP contribution < -0.4 is 4.74 Å². The molecule has 0 radical (unpaired) electrons. The minimum Gasteiger partial charge on any atom is -0.457 e. The second-order valence-corrected chi connectivity index (χ2v) is 4.38. The Labute approximate surface area is 111 Å². The van der Waals surface area contributed by atoms with Crippen LogP contribution in [0.3, 0.4) is 0 Å². The van der Waals surface area contributed by atoms with E-state index in [-0.39, 0.29) is 6.61 Å². The van der Waals surface area contributed by atoms with Crippen molar-refractivity contribution in [1.29, 1.82) is 0 Å². The molecule has 0 aliphatic carbocycles. The molecule has 0 aliphatic rings. The van der Waals surface area contributed by atoms with Crippen LogP contribution in [0.5, 0.6) is 11.5 Å². The molecule has 0 fully saturated rings. The van der Waals surface area contributed by atoms with Crippen molar-refractivity contribution in [2.45, 2.75) is 6.61 Å². The number of para-hydroxylation sites is 1. The number of hydrogen-bond donors (Lipinski definition) is 1. The van der Waals surface area contributed by atoms with Crippen LogP contribution in [0.1, 0.15) is 5.56 Å². The van der Waals surface area contributed by atoms with Gasteiger partial charge in [-0.3, -0.25) is 0 Å². The number of rotatable bonds is 3. The van der Waals surface area contributed by atoms with Gasteiger partial charge >= 0.3 is 0 Å². The Bertz CT molecular complexity index is 704. The van der Waals surface area contributed by atoms with Gasteiger partial charge in [0.05, 0.1) is 6.61 Å². The van der Waals surface area contributed by atoms with Crippen LogP contribution in [0.25, 0.3) is 10.8 Å². The van der Waals surface area contributed by atoms with Crippen LogP contribution in [0.15, 0.2) is 66.7 Å². The maximum atomic E-state index is 9.29. The number of fused-ring (bicyclic) bond motifs is 1. The maximum Gasteiger partial charge on any atom is 0.132 e. The van der Waals surface area contributed by atoms with Crippen molar-refractivity contribution in [2.24, 2.45) is 0 Å². The summed E-state index contributed by atoms with van der Waals surface area (Å²) < 4.78 is 5.85. The average Bonchev–Trinajstić information content (AvgIpc) is 2.48. The summed E-state index contributed by atoms with van der Waals surface area (Å²) in [5.74, 6) is 1.47. The maximum absolute atomic E-state index is 9.29. The summed E-state index contributed by atoms with van der Waals surface area (Å²) in [6.45, 7) is -0.0241. The first-order valence-corrected chi connectivity index (χ1v) is 6.22. The minimum absolute atomic E-state index is 0.0241. The fourth-order valence-electron chi connectivity index (χ4n) is 2.09. The van der Waals surface area contributed by atoms with E-state index in [0.29, 0.717) is 5.75 Å². The van der Waals surface area contributed by atoms with Gasteiger partial charge in [0, 0.05) is 5.56 Å². The Morgan fingerprint density at radius 3 is 2.37 bits per heavy atom. The van der Waals surface area contributed by atoms with Crippen molar-refractivity contribution >= 4 is 10.8 Å². The number of aliphatic hydroxyl groups is 1. The van der Waals surface area contributed by atoms with Crippen LogP contribution in [-0.4, -0.2) is 5.11 Å². The predicted octanol–water partition coefficient (Wildman–Crippen LogP) is 4.12. The lowest BCUT2D eigenvalue weighted by Crippen LogP contribution is -1.91. The molecule has 3 aromatic rings. The Kier molecular flexibility index (Phi) is 3.17. The number of aliphatic hydroxyl groups excluding tert-OH is 1. The molecule has 0 amide bonds. The van der Waals surface area contributed by atoms with Gasteiger partial charge in [0.1, 0.15) is 11.5 Å². The molecule has 0 atom stereocenters. The fourth-order valence-corrected chi connectivity index (χ4v) is 2.09. The standard InChI is InChI=1S/C17H14O2/c18-12-15-7-3-4-8-17(15)19-16-10-9-13-5-1-2-6-14(13)11-16/h1-11,18H,12H2. The first kappa shape index (κ1) is 11.8. The van der Waals surface area contributed by atoms with Crippen molar-refractivity contribution in [3.63, 3.8) is 0 Å². The highest BCUT2D eigenvalue weighted by molar-refractivity contribution is 5.83. The van der Waals surface area contributed by atoms with Gasteiger partial charge in [0.2, 0.25) is 0 Å². The van der Waals surface area contributed by atoms with E-state index >= 15 is 0 Å². The highest BCUT2D eigenvalue weighted by Gasteiger charge is 2.03. The van der Waals surface area contributed by atoms with E-state index in [0.717, 1.165) is 16.7 Å². The molecular formula is C17H14O2. The van der Waals surface area contributed by atoms with Gasteiger partial charge in [-0.15, -0.1) is 0 Å². The zero-order valence-electron chi connectivity index (χ0n) is 10.4. The fraction of sp³-hybridized carbons (Fsp3) is 0.0588. The van der Waals surface area contributed by atoms with Crippen LogP contribution >= 0.6 is 0 Å². The van der Waals surface area contributed by atoms with Gasteiger partial charge in [-0.2, -0.15) is 0 Å². The number of ether oxygens (including phenoxy) is 1. The number of hydrogen-bond acceptors (Lipinski definition) is 2. The largest absolute Gasteiger partial charge is 0.457 e. The zero-order valence-corrected chi connectivity index (χ0v) is 10.4. The first-order valence-electron chi connectivity index (χ1n) is 6.22. The quantitative estimate of drug-likeness (QED) is 0.757. The third-order valence-corrected chi connectivity index (χ3v) is 3.09. The molecule has 0 aliphatic heterocycles. The monoisotopic (exact) mass is 250 g/mol. The number of benzene rings is 3. The molecule has 2 nitrogen and oxygen atoms in total. The summed E-state index contributed by atoms with van der Waals surface area (Å²) in [5.41, 5.74) is 0.788. The molecule has 0 saturated heterocycles. The van der Waals surface area contributed by atoms with E-state index in [2.05, 4.69) is 12.1 Å². The summed E-state index contributed by atoms with van der Waals surface area (Å²) in [5, 5.41) is 11.6. The molecule has 3 aromatic carbocycles. The van der Waals surface area contributed by atoms with Crippen LogP contribution in [0.2, 0.25) is 0 Å². The summed E-state index contributed by atoms with van der Waals surface area (Å²) in [6, 6.07) is 21.6. The normalized spacial score (nSPS) is 10.6. The smallest absolute Gasteiger partial charge is 0.132 e. The van der Waals surface area contributed by atoms with Crippen molar-refractivity contribution in [3.8, 4) is 11.5 Å². The van der Waals surface area contributed by atoms with E-state index in [9.17, 15) is 5.11 Å². The molecule has 0 unspecified atom stereocenters. The summed E-state index contributed by atoms with van der Waals surface area (Å²) in [7, 11) is 0. The second kappa shape index (κ2) is 5.12. The molecule has 0 spiro atoms. The molecule has 0 aromatic heterocycles. The first-order chi connectivity index (χ1) is 9.36. The lowest BCUT2D eigenvalue weighted by atomic mass is 10.1.